The van der Waals surface area contributed by atoms with Gasteiger partial charge >= 0.3 is 6.18 Å². The normalized spacial score (nSPS) is 11.6. The van der Waals surface area contributed by atoms with Crippen LogP contribution < -0.4 is 11.1 Å². The van der Waals surface area contributed by atoms with Gasteiger partial charge in [0.1, 0.15) is 11.5 Å². The summed E-state index contributed by atoms with van der Waals surface area (Å²) >= 11 is 12.4. The first-order chi connectivity index (χ1) is 16.1. The number of aromatic nitrogens is 6. The van der Waals surface area contributed by atoms with E-state index in [4.69, 9.17) is 28.9 Å². The number of hydrogen-bond acceptors (Lipinski definition) is 6. The lowest BCUT2D eigenvalue weighted by Gasteiger charge is -2.07. The summed E-state index contributed by atoms with van der Waals surface area (Å²) in [7, 11) is 0. The number of nitrogens with zero attached hydrogens (tertiary/aromatic N) is 6. The van der Waals surface area contributed by atoms with Crippen LogP contribution in [0.15, 0.2) is 42.5 Å². The fourth-order valence-corrected chi connectivity index (χ4v) is 3.61. The highest BCUT2D eigenvalue weighted by Crippen LogP contribution is 2.30. The first kappa shape index (κ1) is 23.5. The van der Waals surface area contributed by atoms with Crippen molar-refractivity contribution in [3.63, 3.8) is 0 Å². The average Bonchev–Trinajstić information content (AvgIpc) is 3.39. The van der Waals surface area contributed by atoms with Crippen LogP contribution in [-0.4, -0.2) is 35.7 Å². The molecule has 0 aliphatic heterocycles. The van der Waals surface area contributed by atoms with Crippen molar-refractivity contribution in [1.82, 2.24) is 29.8 Å². The number of alkyl halides is 3. The molecule has 3 N–H and O–H groups in total. The number of hydrogen-bond donors (Lipinski definition) is 2. The zero-order valence-electron chi connectivity index (χ0n) is 17.3. The lowest BCUT2D eigenvalue weighted by atomic mass is 10.2. The fourth-order valence-electron chi connectivity index (χ4n) is 3.06. The summed E-state index contributed by atoms with van der Waals surface area (Å²) in [6.07, 6.45) is -4.41. The molecule has 0 bridgehead atoms. The standard InChI is InChI=1S/C20H15Cl2F3N8O/c1-2-14-28-19(20(23,24)25)31-32(14)11-8-6-10(7-9-11)27-18-15(17(26)34)29-33(30-18)16-12(21)4-3-5-13(16)22/h3-9H,2H2,1H3,(H2,26,34)(H,27,30). The van der Waals surface area contributed by atoms with Gasteiger partial charge in [0.25, 0.3) is 11.7 Å². The largest absolute Gasteiger partial charge is 0.453 e. The van der Waals surface area contributed by atoms with E-state index in [0.29, 0.717) is 11.4 Å². The zero-order chi connectivity index (χ0) is 24.6. The quantitative estimate of drug-likeness (QED) is 0.392. The molecule has 0 atom stereocenters. The molecule has 4 aromatic rings. The van der Waals surface area contributed by atoms with E-state index < -0.39 is 17.9 Å². The molecule has 0 aliphatic rings. The van der Waals surface area contributed by atoms with Crippen LogP contribution in [0.5, 0.6) is 0 Å². The lowest BCUT2D eigenvalue weighted by Crippen LogP contribution is -2.14. The lowest BCUT2D eigenvalue weighted by molar-refractivity contribution is -0.144. The second kappa shape index (κ2) is 8.95. The van der Waals surface area contributed by atoms with Gasteiger partial charge in [-0.2, -0.15) is 13.2 Å². The summed E-state index contributed by atoms with van der Waals surface area (Å²) in [4.78, 5) is 16.6. The molecule has 0 saturated heterocycles. The van der Waals surface area contributed by atoms with Gasteiger partial charge in [0.15, 0.2) is 11.5 Å². The first-order valence-electron chi connectivity index (χ1n) is 9.70. The molecule has 0 spiro atoms. The van der Waals surface area contributed by atoms with Crippen LogP contribution in [0.4, 0.5) is 24.7 Å². The molecule has 0 aliphatic carbocycles. The molecule has 0 saturated carbocycles. The number of amides is 1. The van der Waals surface area contributed by atoms with Crippen molar-refractivity contribution in [2.24, 2.45) is 5.73 Å². The van der Waals surface area contributed by atoms with Crippen molar-refractivity contribution in [1.29, 1.82) is 0 Å². The summed E-state index contributed by atoms with van der Waals surface area (Å²) in [5, 5.41) is 15.3. The first-order valence-corrected chi connectivity index (χ1v) is 10.5. The maximum atomic E-state index is 13.0. The van der Waals surface area contributed by atoms with Crippen LogP contribution in [0, 0.1) is 0 Å². The SMILES string of the molecule is CCc1nc(C(F)(F)F)nn1-c1ccc(Nc2nn(-c3c(Cl)cccc3Cl)nc2C(N)=O)cc1. The number of nitrogens with two attached hydrogens (primary N) is 1. The van der Waals surface area contributed by atoms with Crippen molar-refractivity contribution in [2.45, 2.75) is 19.5 Å². The van der Waals surface area contributed by atoms with Crippen molar-refractivity contribution in [3.05, 3.63) is 69.9 Å². The Morgan fingerprint density at radius 1 is 1.06 bits per heavy atom. The molecule has 4 rings (SSSR count). The molecule has 34 heavy (non-hydrogen) atoms. The minimum absolute atomic E-state index is 0.0330. The Hall–Kier alpha value is -3.64. The van der Waals surface area contributed by atoms with Crippen LogP contribution in [0.2, 0.25) is 10.0 Å². The maximum absolute atomic E-state index is 13.0. The van der Waals surface area contributed by atoms with E-state index in [2.05, 4.69) is 25.6 Å². The number of nitrogens with one attached hydrogen (secondary N) is 1. The molecular weight excluding hydrogens is 496 g/mol. The Morgan fingerprint density at radius 3 is 2.26 bits per heavy atom. The molecule has 2 aromatic heterocycles. The van der Waals surface area contributed by atoms with Gasteiger partial charge in [-0.1, -0.05) is 36.2 Å². The Labute approximate surface area is 200 Å². The molecule has 0 unspecified atom stereocenters. The van der Waals surface area contributed by atoms with Crippen molar-refractivity contribution in [2.75, 3.05) is 5.32 Å². The number of rotatable bonds is 6. The second-order valence-electron chi connectivity index (χ2n) is 6.91. The topological polar surface area (TPSA) is 117 Å². The third-order valence-corrected chi connectivity index (χ3v) is 5.21. The third-order valence-electron chi connectivity index (χ3n) is 4.60. The van der Waals surface area contributed by atoms with Crippen LogP contribution in [0.3, 0.4) is 0 Å². The number of primary amides is 1. The van der Waals surface area contributed by atoms with Gasteiger partial charge in [-0.05, 0) is 36.4 Å². The predicted octanol–water partition coefficient (Wildman–Crippen LogP) is 4.58. The van der Waals surface area contributed by atoms with Crippen LogP contribution >= 0.6 is 23.2 Å². The second-order valence-corrected chi connectivity index (χ2v) is 7.72. The van der Waals surface area contributed by atoms with Crippen LogP contribution in [0.1, 0.15) is 29.1 Å². The highest BCUT2D eigenvalue weighted by Gasteiger charge is 2.37. The maximum Gasteiger partial charge on any atom is 0.453 e. The monoisotopic (exact) mass is 510 g/mol. The number of halogens is 5. The van der Waals surface area contributed by atoms with Crippen molar-refractivity contribution in [3.8, 4) is 11.4 Å². The van der Waals surface area contributed by atoms with E-state index in [1.807, 2.05) is 0 Å². The minimum Gasteiger partial charge on any atom is -0.364 e. The van der Waals surface area contributed by atoms with Crippen molar-refractivity contribution < 1.29 is 18.0 Å². The van der Waals surface area contributed by atoms with Gasteiger partial charge in [-0.3, -0.25) is 4.79 Å². The van der Waals surface area contributed by atoms with E-state index >= 15 is 0 Å². The molecule has 2 aromatic carbocycles. The summed E-state index contributed by atoms with van der Waals surface area (Å²) in [6, 6.07) is 11.0. The number of benzene rings is 2. The molecule has 0 radical (unpaired) electrons. The number of anilines is 2. The molecule has 14 heteroatoms. The molecule has 176 valence electrons. The number of aryl methyl sites for hydroxylation is 1. The summed E-state index contributed by atoms with van der Waals surface area (Å²) in [6.45, 7) is 1.68. The van der Waals surface area contributed by atoms with Gasteiger partial charge in [0.05, 0.1) is 15.7 Å². The molecule has 1 amide bonds. The van der Waals surface area contributed by atoms with E-state index in [0.717, 1.165) is 9.48 Å². The summed E-state index contributed by atoms with van der Waals surface area (Å²) < 4.78 is 40.1. The molecule has 2 heterocycles. The Kier molecular flexibility index (Phi) is 6.19. The highest BCUT2D eigenvalue weighted by molar-refractivity contribution is 6.37. The van der Waals surface area contributed by atoms with E-state index in [-0.39, 0.29) is 39.5 Å². The number of carbonyl (C=O) groups is 1. The Bertz CT molecular complexity index is 1350. The van der Waals surface area contributed by atoms with Gasteiger partial charge in [-0.15, -0.1) is 20.1 Å². The summed E-state index contributed by atoms with van der Waals surface area (Å²) in [5.41, 5.74) is 6.35. The van der Waals surface area contributed by atoms with Crippen molar-refractivity contribution >= 4 is 40.6 Å². The van der Waals surface area contributed by atoms with E-state index in [1.165, 1.54) is 12.1 Å². The Balaban J connectivity index is 1.65. The number of carbonyl (C=O) groups excluding carboxylic acids is 1. The molecule has 0 fully saturated rings. The van der Waals surface area contributed by atoms with Gasteiger partial charge in [0.2, 0.25) is 0 Å². The van der Waals surface area contributed by atoms with Gasteiger partial charge < -0.3 is 11.1 Å². The highest BCUT2D eigenvalue weighted by atomic mass is 35.5. The zero-order valence-corrected chi connectivity index (χ0v) is 18.8. The van der Waals surface area contributed by atoms with E-state index in [1.54, 1.807) is 37.3 Å². The van der Waals surface area contributed by atoms with Gasteiger partial charge in [-0.25, -0.2) is 9.67 Å². The number of para-hydroxylation sites is 1. The van der Waals surface area contributed by atoms with Crippen LogP contribution in [-0.2, 0) is 12.6 Å². The average molecular weight is 511 g/mol. The smallest absolute Gasteiger partial charge is 0.364 e. The molecule has 9 nitrogen and oxygen atoms in total. The minimum atomic E-state index is -4.65. The van der Waals surface area contributed by atoms with E-state index in [9.17, 15) is 18.0 Å². The van der Waals surface area contributed by atoms with Gasteiger partial charge in [0, 0.05) is 12.1 Å². The third kappa shape index (κ3) is 4.54. The van der Waals surface area contributed by atoms with Crippen LogP contribution in [0.25, 0.3) is 11.4 Å². The summed E-state index contributed by atoms with van der Waals surface area (Å²) in [5.74, 6) is -1.87. The Morgan fingerprint density at radius 2 is 1.71 bits per heavy atom. The fraction of sp³-hybridized carbons (Fsp3) is 0.150. The molecular formula is C20H15Cl2F3N8O. The predicted molar refractivity (Wildman–Crippen MR) is 119 cm³/mol.